The van der Waals surface area contributed by atoms with E-state index >= 15 is 0 Å². The molecular formula is C18H14ClN5. The minimum atomic E-state index is 0.176. The zero-order valence-electron chi connectivity index (χ0n) is 12.9. The highest BCUT2D eigenvalue weighted by Gasteiger charge is 2.13. The monoisotopic (exact) mass is 335 g/mol. The van der Waals surface area contributed by atoms with E-state index in [1.165, 1.54) is 0 Å². The van der Waals surface area contributed by atoms with E-state index in [2.05, 4.69) is 20.4 Å². The first-order valence-corrected chi connectivity index (χ1v) is 7.89. The van der Waals surface area contributed by atoms with Crippen molar-refractivity contribution in [2.45, 2.75) is 6.92 Å². The van der Waals surface area contributed by atoms with Crippen molar-refractivity contribution in [3.63, 3.8) is 0 Å². The van der Waals surface area contributed by atoms with Gasteiger partial charge in [0.2, 0.25) is 5.28 Å². The summed E-state index contributed by atoms with van der Waals surface area (Å²) in [4.78, 5) is 8.67. The maximum absolute atomic E-state index is 6.13. The predicted octanol–water partition coefficient (Wildman–Crippen LogP) is 4.52. The molecule has 0 fully saturated rings. The summed E-state index contributed by atoms with van der Waals surface area (Å²) in [6.45, 7) is 2.04. The molecule has 0 unspecified atom stereocenters. The van der Waals surface area contributed by atoms with Gasteiger partial charge in [0.25, 0.3) is 0 Å². The van der Waals surface area contributed by atoms with Gasteiger partial charge in [-0.15, -0.1) is 0 Å². The van der Waals surface area contributed by atoms with Crippen LogP contribution in [-0.4, -0.2) is 19.7 Å². The van der Waals surface area contributed by atoms with Gasteiger partial charge in [-0.1, -0.05) is 30.3 Å². The lowest BCUT2D eigenvalue weighted by molar-refractivity contribution is 0.895. The molecule has 0 spiro atoms. The first-order chi connectivity index (χ1) is 11.7. The second-order valence-corrected chi connectivity index (χ2v) is 5.80. The lowest BCUT2D eigenvalue weighted by atomic mass is 10.2. The number of hydrogen-bond donors (Lipinski definition) is 1. The van der Waals surface area contributed by atoms with Crippen LogP contribution in [0.25, 0.3) is 16.7 Å². The van der Waals surface area contributed by atoms with E-state index < -0.39 is 0 Å². The van der Waals surface area contributed by atoms with Crippen LogP contribution in [0.1, 0.15) is 5.56 Å². The molecule has 0 aliphatic heterocycles. The first-order valence-electron chi connectivity index (χ1n) is 7.51. The number of para-hydroxylation sites is 1. The van der Waals surface area contributed by atoms with Gasteiger partial charge in [-0.3, -0.25) is 0 Å². The van der Waals surface area contributed by atoms with E-state index in [1.54, 1.807) is 10.9 Å². The van der Waals surface area contributed by atoms with Crippen molar-refractivity contribution in [1.29, 1.82) is 0 Å². The molecule has 4 aromatic rings. The Kier molecular flexibility index (Phi) is 3.63. The summed E-state index contributed by atoms with van der Waals surface area (Å²) in [7, 11) is 0. The number of benzene rings is 2. The maximum atomic E-state index is 6.13. The molecule has 2 aromatic carbocycles. The van der Waals surface area contributed by atoms with E-state index in [0.29, 0.717) is 11.5 Å². The summed E-state index contributed by atoms with van der Waals surface area (Å²) in [5, 5.41) is 8.73. The summed E-state index contributed by atoms with van der Waals surface area (Å²) in [5.41, 5.74) is 3.69. The van der Waals surface area contributed by atoms with E-state index in [1.807, 2.05) is 61.5 Å². The van der Waals surface area contributed by atoms with Crippen molar-refractivity contribution in [3.8, 4) is 5.69 Å². The average molecular weight is 336 g/mol. The Morgan fingerprint density at radius 1 is 1.00 bits per heavy atom. The van der Waals surface area contributed by atoms with E-state index in [4.69, 9.17) is 11.6 Å². The standard InChI is InChI=1S/C18H14ClN5/c1-12-6-5-7-13(10-12)21-16-15-11-20-24(14-8-3-2-4-9-14)17(15)23-18(19)22-16/h2-11H,1H3,(H,21,22,23). The van der Waals surface area contributed by atoms with Crippen LogP contribution in [0.4, 0.5) is 11.5 Å². The lowest BCUT2D eigenvalue weighted by Gasteiger charge is -2.08. The largest absolute Gasteiger partial charge is 0.339 e. The minimum Gasteiger partial charge on any atom is -0.339 e. The lowest BCUT2D eigenvalue weighted by Crippen LogP contribution is -2.00. The van der Waals surface area contributed by atoms with Crippen LogP contribution < -0.4 is 5.32 Å². The number of aryl methyl sites for hydroxylation is 1. The van der Waals surface area contributed by atoms with Crippen LogP contribution in [0.5, 0.6) is 0 Å². The smallest absolute Gasteiger partial charge is 0.226 e. The number of fused-ring (bicyclic) bond motifs is 1. The molecule has 0 amide bonds. The van der Waals surface area contributed by atoms with Gasteiger partial charge >= 0.3 is 0 Å². The minimum absolute atomic E-state index is 0.176. The maximum Gasteiger partial charge on any atom is 0.226 e. The van der Waals surface area contributed by atoms with Gasteiger partial charge in [-0.25, -0.2) is 4.68 Å². The molecule has 0 atom stereocenters. The molecule has 6 heteroatoms. The Bertz CT molecular complexity index is 1010. The summed E-state index contributed by atoms with van der Waals surface area (Å²) in [5.74, 6) is 0.637. The molecule has 2 aromatic heterocycles. The summed E-state index contributed by atoms with van der Waals surface area (Å²) in [6, 6.07) is 17.9. The van der Waals surface area contributed by atoms with Crippen molar-refractivity contribution >= 4 is 34.1 Å². The summed E-state index contributed by atoms with van der Waals surface area (Å²) in [6.07, 6.45) is 1.75. The fraction of sp³-hybridized carbons (Fsp3) is 0.0556. The highest BCUT2D eigenvalue weighted by atomic mass is 35.5. The third-order valence-electron chi connectivity index (χ3n) is 3.68. The third-order valence-corrected chi connectivity index (χ3v) is 3.85. The van der Waals surface area contributed by atoms with Gasteiger partial charge in [-0.2, -0.15) is 15.1 Å². The molecule has 24 heavy (non-hydrogen) atoms. The Hall–Kier alpha value is -2.92. The number of nitrogens with one attached hydrogen (secondary N) is 1. The van der Waals surface area contributed by atoms with Crippen LogP contribution in [0, 0.1) is 6.92 Å². The van der Waals surface area contributed by atoms with Crippen LogP contribution in [0.15, 0.2) is 60.8 Å². The number of nitrogens with zero attached hydrogens (tertiary/aromatic N) is 4. The number of halogens is 1. The highest BCUT2D eigenvalue weighted by molar-refractivity contribution is 6.28. The number of rotatable bonds is 3. The van der Waals surface area contributed by atoms with Crippen molar-refractivity contribution in [3.05, 3.63) is 71.6 Å². The Balaban J connectivity index is 1.84. The van der Waals surface area contributed by atoms with Crippen LogP contribution in [0.3, 0.4) is 0 Å². The van der Waals surface area contributed by atoms with E-state index in [9.17, 15) is 0 Å². The van der Waals surface area contributed by atoms with Gasteiger partial charge < -0.3 is 5.32 Å². The molecule has 0 bridgehead atoms. The topological polar surface area (TPSA) is 55.6 Å². The zero-order valence-corrected chi connectivity index (χ0v) is 13.7. The molecule has 5 nitrogen and oxygen atoms in total. The molecule has 1 N–H and O–H groups in total. The molecule has 0 saturated carbocycles. The Morgan fingerprint density at radius 2 is 1.83 bits per heavy atom. The molecule has 0 saturated heterocycles. The molecule has 118 valence electrons. The number of aromatic nitrogens is 4. The first kappa shape index (κ1) is 14.7. The fourth-order valence-corrected chi connectivity index (χ4v) is 2.76. The molecule has 0 aliphatic carbocycles. The van der Waals surface area contributed by atoms with E-state index in [-0.39, 0.29) is 5.28 Å². The Morgan fingerprint density at radius 3 is 2.62 bits per heavy atom. The zero-order chi connectivity index (χ0) is 16.5. The highest BCUT2D eigenvalue weighted by Crippen LogP contribution is 2.27. The van der Waals surface area contributed by atoms with Gasteiger partial charge in [0.1, 0.15) is 5.82 Å². The van der Waals surface area contributed by atoms with Crippen LogP contribution in [-0.2, 0) is 0 Å². The van der Waals surface area contributed by atoms with Gasteiger partial charge in [-0.05, 0) is 48.4 Å². The second-order valence-electron chi connectivity index (χ2n) is 5.46. The molecular weight excluding hydrogens is 322 g/mol. The molecule has 0 radical (unpaired) electrons. The van der Waals surface area contributed by atoms with Gasteiger partial charge in [0, 0.05) is 5.69 Å². The Labute approximate surface area is 143 Å². The third kappa shape index (κ3) is 2.70. The van der Waals surface area contributed by atoms with Gasteiger partial charge in [0.15, 0.2) is 5.65 Å². The average Bonchev–Trinajstić information content (AvgIpc) is 2.99. The SMILES string of the molecule is Cc1cccc(Nc2nc(Cl)nc3c2cnn3-c2ccccc2)c1. The summed E-state index contributed by atoms with van der Waals surface area (Å²) < 4.78 is 1.75. The van der Waals surface area contributed by atoms with E-state index in [0.717, 1.165) is 22.3 Å². The second kappa shape index (κ2) is 5.94. The fourth-order valence-electron chi connectivity index (χ4n) is 2.59. The van der Waals surface area contributed by atoms with Crippen molar-refractivity contribution < 1.29 is 0 Å². The van der Waals surface area contributed by atoms with Crippen LogP contribution >= 0.6 is 11.6 Å². The van der Waals surface area contributed by atoms with Crippen molar-refractivity contribution in [1.82, 2.24) is 19.7 Å². The summed E-state index contributed by atoms with van der Waals surface area (Å²) >= 11 is 6.13. The quantitative estimate of drug-likeness (QED) is 0.559. The normalized spacial score (nSPS) is 10.9. The molecule has 4 rings (SSSR count). The molecule has 0 aliphatic rings. The van der Waals surface area contributed by atoms with Crippen molar-refractivity contribution in [2.24, 2.45) is 0 Å². The number of anilines is 2. The number of hydrogen-bond acceptors (Lipinski definition) is 4. The van der Waals surface area contributed by atoms with Gasteiger partial charge in [0.05, 0.1) is 17.3 Å². The predicted molar refractivity (Wildman–Crippen MR) is 96.1 cm³/mol. The molecule has 2 heterocycles. The van der Waals surface area contributed by atoms with Crippen LogP contribution in [0.2, 0.25) is 5.28 Å². The van der Waals surface area contributed by atoms with Crippen molar-refractivity contribution in [2.75, 3.05) is 5.32 Å².